The van der Waals surface area contributed by atoms with Gasteiger partial charge in [-0.3, -0.25) is 19.7 Å². The fourth-order valence-corrected chi connectivity index (χ4v) is 3.02. The number of piperidine rings is 1. The summed E-state index contributed by atoms with van der Waals surface area (Å²) in [5.74, 6) is 4.88. The summed E-state index contributed by atoms with van der Waals surface area (Å²) < 4.78 is 5.10. The van der Waals surface area contributed by atoms with Gasteiger partial charge in [-0.2, -0.15) is 0 Å². The van der Waals surface area contributed by atoms with Gasteiger partial charge in [0.2, 0.25) is 11.8 Å². The van der Waals surface area contributed by atoms with E-state index in [9.17, 15) is 14.4 Å². The molecule has 1 aromatic rings. The van der Waals surface area contributed by atoms with Crippen LogP contribution >= 0.6 is 0 Å². The van der Waals surface area contributed by atoms with E-state index < -0.39 is 11.9 Å². The third-order valence-electron chi connectivity index (χ3n) is 4.21. The van der Waals surface area contributed by atoms with Crippen molar-refractivity contribution >= 4 is 17.7 Å². The molecule has 0 bridgehead atoms. The van der Waals surface area contributed by atoms with E-state index in [1.165, 1.54) is 4.90 Å². The molecule has 0 spiro atoms. The average molecular weight is 342 g/mol. The van der Waals surface area contributed by atoms with Crippen molar-refractivity contribution in [2.24, 2.45) is 0 Å². The van der Waals surface area contributed by atoms with Crippen molar-refractivity contribution in [3.05, 3.63) is 34.9 Å². The van der Waals surface area contributed by atoms with Crippen molar-refractivity contribution in [3.8, 4) is 11.8 Å². The molecule has 130 valence electrons. The van der Waals surface area contributed by atoms with Crippen LogP contribution in [0.15, 0.2) is 18.2 Å². The minimum absolute atomic E-state index is 0.0577. The maximum absolute atomic E-state index is 12.7. The van der Waals surface area contributed by atoms with E-state index in [0.717, 1.165) is 5.56 Å². The molecule has 7 heteroatoms. The second-order valence-electron chi connectivity index (χ2n) is 5.81. The zero-order valence-electron chi connectivity index (χ0n) is 13.6. The Balaban J connectivity index is 1.78. The number of imide groups is 1. The Kier molecular flexibility index (Phi) is 5.12. The monoisotopic (exact) mass is 342 g/mol. The van der Waals surface area contributed by atoms with Gasteiger partial charge in [0.1, 0.15) is 12.6 Å². The van der Waals surface area contributed by atoms with Crippen LogP contribution < -0.4 is 5.32 Å². The molecule has 1 atom stereocenters. The Hall–Kier alpha value is -2.69. The number of amides is 3. The number of benzene rings is 1. The van der Waals surface area contributed by atoms with Crippen LogP contribution in [0.5, 0.6) is 0 Å². The molecule has 1 saturated heterocycles. The standard InChI is InChI=1S/C18H18N2O5/c21-8-10-25-9-2-4-12-3-1-5-13-14(12)11-20(18(13)24)15-6-7-16(22)19-17(15)23/h1,3,5,15,21H,6-11H2,(H,19,22,23). The summed E-state index contributed by atoms with van der Waals surface area (Å²) in [6.07, 6.45) is 0.561. The molecule has 1 aromatic carbocycles. The van der Waals surface area contributed by atoms with E-state index in [4.69, 9.17) is 9.84 Å². The molecule has 1 unspecified atom stereocenters. The molecule has 0 aliphatic carbocycles. The van der Waals surface area contributed by atoms with E-state index in [-0.39, 0.29) is 38.1 Å². The number of hydrogen-bond acceptors (Lipinski definition) is 5. The van der Waals surface area contributed by atoms with Gasteiger partial charge in [-0.05, 0) is 24.1 Å². The minimum atomic E-state index is -0.633. The summed E-state index contributed by atoms with van der Waals surface area (Å²) in [6, 6.07) is 4.66. The van der Waals surface area contributed by atoms with Crippen LogP contribution in [0.4, 0.5) is 0 Å². The van der Waals surface area contributed by atoms with Gasteiger partial charge < -0.3 is 14.7 Å². The molecule has 2 heterocycles. The summed E-state index contributed by atoms with van der Waals surface area (Å²) in [6.45, 7) is 0.652. The van der Waals surface area contributed by atoms with Crippen LogP contribution in [0.25, 0.3) is 0 Å². The summed E-state index contributed by atoms with van der Waals surface area (Å²) in [5.41, 5.74) is 2.04. The number of aliphatic hydroxyl groups is 1. The summed E-state index contributed by atoms with van der Waals surface area (Å²) >= 11 is 0. The maximum Gasteiger partial charge on any atom is 0.255 e. The highest BCUT2D eigenvalue weighted by Crippen LogP contribution is 2.29. The molecule has 3 rings (SSSR count). The summed E-state index contributed by atoms with van der Waals surface area (Å²) in [4.78, 5) is 37.5. The van der Waals surface area contributed by atoms with Gasteiger partial charge in [-0.15, -0.1) is 0 Å². The lowest BCUT2D eigenvalue weighted by molar-refractivity contribution is -0.136. The van der Waals surface area contributed by atoms with Gasteiger partial charge in [0.25, 0.3) is 5.91 Å². The smallest absolute Gasteiger partial charge is 0.255 e. The number of carbonyl (C=O) groups excluding carboxylic acids is 3. The van der Waals surface area contributed by atoms with E-state index >= 15 is 0 Å². The lowest BCUT2D eigenvalue weighted by atomic mass is 10.0. The molecule has 7 nitrogen and oxygen atoms in total. The van der Waals surface area contributed by atoms with Crippen LogP contribution in [0.1, 0.15) is 34.3 Å². The number of nitrogens with one attached hydrogen (secondary N) is 1. The van der Waals surface area contributed by atoms with Crippen molar-refractivity contribution in [2.75, 3.05) is 19.8 Å². The highest BCUT2D eigenvalue weighted by Gasteiger charge is 2.39. The van der Waals surface area contributed by atoms with E-state index in [1.807, 2.05) is 6.07 Å². The Morgan fingerprint density at radius 1 is 1.32 bits per heavy atom. The quantitative estimate of drug-likeness (QED) is 0.449. The number of rotatable bonds is 4. The molecule has 2 N–H and O–H groups in total. The third kappa shape index (κ3) is 3.55. The van der Waals surface area contributed by atoms with Gasteiger partial charge in [0.05, 0.1) is 13.2 Å². The number of carbonyl (C=O) groups is 3. The van der Waals surface area contributed by atoms with Crippen LogP contribution in [0.2, 0.25) is 0 Å². The summed E-state index contributed by atoms with van der Waals surface area (Å²) in [7, 11) is 0. The predicted molar refractivity (Wildman–Crippen MR) is 87.3 cm³/mol. The van der Waals surface area contributed by atoms with Crippen molar-refractivity contribution in [2.45, 2.75) is 25.4 Å². The SMILES string of the molecule is O=C1CCC(N2Cc3c(C#CCOCCO)cccc3C2=O)C(=O)N1. The predicted octanol–water partition coefficient (Wildman–Crippen LogP) is -0.192. The fraction of sp³-hybridized carbons (Fsp3) is 0.389. The Bertz CT molecular complexity index is 777. The molecular weight excluding hydrogens is 324 g/mol. The second-order valence-corrected chi connectivity index (χ2v) is 5.81. The zero-order valence-corrected chi connectivity index (χ0v) is 13.6. The lowest BCUT2D eigenvalue weighted by Crippen LogP contribution is -2.52. The van der Waals surface area contributed by atoms with Gasteiger partial charge in [-0.25, -0.2) is 0 Å². The highest BCUT2D eigenvalue weighted by atomic mass is 16.5. The molecule has 0 saturated carbocycles. The first-order valence-corrected chi connectivity index (χ1v) is 8.06. The van der Waals surface area contributed by atoms with Crippen LogP contribution in [-0.4, -0.2) is 53.6 Å². The van der Waals surface area contributed by atoms with Crippen molar-refractivity contribution < 1.29 is 24.2 Å². The second kappa shape index (κ2) is 7.47. The molecule has 0 aromatic heterocycles. The molecule has 2 aliphatic rings. The Labute approximate surface area is 145 Å². The normalized spacial score (nSPS) is 19.3. The van der Waals surface area contributed by atoms with Crippen molar-refractivity contribution in [1.82, 2.24) is 10.2 Å². The van der Waals surface area contributed by atoms with E-state index in [1.54, 1.807) is 12.1 Å². The van der Waals surface area contributed by atoms with E-state index in [2.05, 4.69) is 17.2 Å². The third-order valence-corrected chi connectivity index (χ3v) is 4.21. The molecule has 0 radical (unpaired) electrons. The summed E-state index contributed by atoms with van der Waals surface area (Å²) in [5, 5.41) is 10.9. The first kappa shape index (κ1) is 17.1. The number of hydrogen-bond donors (Lipinski definition) is 2. The van der Waals surface area contributed by atoms with Crippen molar-refractivity contribution in [1.29, 1.82) is 0 Å². The molecule has 25 heavy (non-hydrogen) atoms. The van der Waals surface area contributed by atoms with Gasteiger partial charge >= 0.3 is 0 Å². The van der Waals surface area contributed by atoms with Gasteiger partial charge in [-0.1, -0.05) is 17.9 Å². The van der Waals surface area contributed by atoms with Crippen molar-refractivity contribution in [3.63, 3.8) is 0 Å². The molecular formula is C18H18N2O5. The Morgan fingerprint density at radius 3 is 2.92 bits per heavy atom. The first-order chi connectivity index (χ1) is 12.1. The lowest BCUT2D eigenvalue weighted by Gasteiger charge is -2.29. The largest absolute Gasteiger partial charge is 0.394 e. The zero-order chi connectivity index (χ0) is 17.8. The fourth-order valence-electron chi connectivity index (χ4n) is 3.02. The molecule has 3 amide bonds. The van der Waals surface area contributed by atoms with Crippen LogP contribution in [0, 0.1) is 11.8 Å². The van der Waals surface area contributed by atoms with E-state index in [0.29, 0.717) is 24.1 Å². The molecule has 2 aliphatic heterocycles. The first-order valence-electron chi connectivity index (χ1n) is 8.06. The topological polar surface area (TPSA) is 95.9 Å². The average Bonchev–Trinajstić information content (AvgIpc) is 2.92. The van der Waals surface area contributed by atoms with Gasteiger partial charge in [0, 0.05) is 24.1 Å². The van der Waals surface area contributed by atoms with Crippen LogP contribution in [-0.2, 0) is 20.9 Å². The Morgan fingerprint density at radius 2 is 2.16 bits per heavy atom. The number of ether oxygens (including phenoxy) is 1. The number of aliphatic hydroxyl groups excluding tert-OH is 1. The number of nitrogens with zero attached hydrogens (tertiary/aromatic N) is 1. The maximum atomic E-state index is 12.7. The minimum Gasteiger partial charge on any atom is -0.394 e. The number of fused-ring (bicyclic) bond motifs is 1. The van der Waals surface area contributed by atoms with Gasteiger partial charge in [0.15, 0.2) is 0 Å². The highest BCUT2D eigenvalue weighted by molar-refractivity contribution is 6.05. The van der Waals surface area contributed by atoms with Crippen LogP contribution in [0.3, 0.4) is 0 Å². The molecule has 1 fully saturated rings.